The molecule has 0 heterocycles. The molecule has 0 aliphatic heterocycles. The molecule has 1 aromatic rings. The lowest BCUT2D eigenvalue weighted by Crippen LogP contribution is -1.94. The van der Waals surface area contributed by atoms with E-state index in [1.165, 1.54) is 0 Å². The minimum atomic E-state index is -0.138. The second-order valence-corrected chi connectivity index (χ2v) is 3.58. The number of rotatable bonds is 2. The summed E-state index contributed by atoms with van der Waals surface area (Å²) >= 11 is 0. The first-order valence-corrected chi connectivity index (χ1v) is 4.48. The molecule has 0 saturated heterocycles. The van der Waals surface area contributed by atoms with E-state index in [-0.39, 0.29) is 5.82 Å². The second kappa shape index (κ2) is 3.73. The molecule has 0 aliphatic carbocycles. The maximum Gasteiger partial charge on any atom is 0.126 e. The Morgan fingerprint density at radius 2 is 2.00 bits per heavy atom. The fourth-order valence-electron chi connectivity index (χ4n) is 1.27. The standard InChI is InChI=1S/C12H15F/c1-5-10-6-11(8(2)3)7-12(13)9(10)4/h5-8H,1H2,2-4H3. The summed E-state index contributed by atoms with van der Waals surface area (Å²) in [6.45, 7) is 9.55. The summed E-state index contributed by atoms with van der Waals surface area (Å²) in [5.41, 5.74) is 2.60. The first-order valence-electron chi connectivity index (χ1n) is 4.48. The van der Waals surface area contributed by atoms with Gasteiger partial charge < -0.3 is 0 Å². The molecule has 0 saturated carbocycles. The smallest absolute Gasteiger partial charge is 0.126 e. The Hall–Kier alpha value is -1.11. The van der Waals surface area contributed by atoms with Crippen molar-refractivity contribution in [1.29, 1.82) is 0 Å². The van der Waals surface area contributed by atoms with Gasteiger partial charge in [-0.3, -0.25) is 0 Å². The minimum absolute atomic E-state index is 0.138. The van der Waals surface area contributed by atoms with E-state index in [9.17, 15) is 4.39 Å². The van der Waals surface area contributed by atoms with Crippen molar-refractivity contribution < 1.29 is 4.39 Å². The zero-order valence-corrected chi connectivity index (χ0v) is 8.39. The predicted molar refractivity (Wildman–Crippen MR) is 55.3 cm³/mol. The van der Waals surface area contributed by atoms with Gasteiger partial charge in [-0.05, 0) is 35.6 Å². The van der Waals surface area contributed by atoms with Crippen LogP contribution < -0.4 is 0 Å². The molecule has 0 nitrogen and oxygen atoms in total. The molecule has 0 fully saturated rings. The normalized spacial score (nSPS) is 10.5. The molecular weight excluding hydrogens is 163 g/mol. The summed E-state index contributed by atoms with van der Waals surface area (Å²) in [6.07, 6.45) is 1.70. The highest BCUT2D eigenvalue weighted by Gasteiger charge is 2.06. The average Bonchev–Trinajstić information content (AvgIpc) is 2.09. The maximum atomic E-state index is 13.3. The van der Waals surface area contributed by atoms with Gasteiger partial charge in [-0.1, -0.05) is 32.6 Å². The van der Waals surface area contributed by atoms with Crippen molar-refractivity contribution in [2.45, 2.75) is 26.7 Å². The van der Waals surface area contributed by atoms with Crippen LogP contribution in [0.25, 0.3) is 6.08 Å². The van der Waals surface area contributed by atoms with Gasteiger partial charge in [0.1, 0.15) is 5.82 Å². The summed E-state index contributed by atoms with van der Waals surface area (Å²) in [4.78, 5) is 0. The third kappa shape index (κ3) is 1.97. The molecule has 0 unspecified atom stereocenters. The van der Waals surface area contributed by atoms with E-state index in [1.807, 2.05) is 6.07 Å². The van der Waals surface area contributed by atoms with Gasteiger partial charge in [-0.2, -0.15) is 0 Å². The van der Waals surface area contributed by atoms with Crippen LogP contribution in [0.2, 0.25) is 0 Å². The van der Waals surface area contributed by atoms with Crippen LogP contribution in [0.1, 0.15) is 36.5 Å². The van der Waals surface area contributed by atoms with E-state index in [0.29, 0.717) is 11.5 Å². The number of hydrogen-bond acceptors (Lipinski definition) is 0. The zero-order valence-electron chi connectivity index (χ0n) is 8.39. The molecule has 70 valence electrons. The topological polar surface area (TPSA) is 0 Å². The number of benzene rings is 1. The molecule has 0 aromatic heterocycles. The van der Waals surface area contributed by atoms with Gasteiger partial charge in [0, 0.05) is 0 Å². The average molecular weight is 178 g/mol. The molecule has 0 amide bonds. The van der Waals surface area contributed by atoms with Gasteiger partial charge in [0.15, 0.2) is 0 Å². The fraction of sp³-hybridized carbons (Fsp3) is 0.333. The van der Waals surface area contributed by atoms with Crippen molar-refractivity contribution in [3.63, 3.8) is 0 Å². The maximum absolute atomic E-state index is 13.3. The summed E-state index contributed by atoms with van der Waals surface area (Å²) in [7, 11) is 0. The lowest BCUT2D eigenvalue weighted by Gasteiger charge is -2.09. The minimum Gasteiger partial charge on any atom is -0.207 e. The Bertz CT molecular complexity index is 324. The Labute approximate surface area is 79.1 Å². The molecule has 1 aromatic carbocycles. The van der Waals surface area contributed by atoms with Gasteiger partial charge >= 0.3 is 0 Å². The highest BCUT2D eigenvalue weighted by molar-refractivity contribution is 5.53. The molecule has 0 radical (unpaired) electrons. The van der Waals surface area contributed by atoms with Crippen LogP contribution in [0, 0.1) is 12.7 Å². The summed E-state index contributed by atoms with van der Waals surface area (Å²) < 4.78 is 13.3. The first-order chi connectivity index (χ1) is 6.06. The van der Waals surface area contributed by atoms with Crippen LogP contribution in [0.5, 0.6) is 0 Å². The van der Waals surface area contributed by atoms with Gasteiger partial charge in [0.05, 0.1) is 0 Å². The molecule has 1 rings (SSSR count). The molecule has 0 aliphatic rings. The summed E-state index contributed by atoms with van der Waals surface area (Å²) in [6, 6.07) is 3.60. The lowest BCUT2D eigenvalue weighted by molar-refractivity contribution is 0.613. The van der Waals surface area contributed by atoms with Crippen molar-refractivity contribution in [1.82, 2.24) is 0 Å². The monoisotopic (exact) mass is 178 g/mol. The van der Waals surface area contributed by atoms with E-state index in [0.717, 1.165) is 11.1 Å². The van der Waals surface area contributed by atoms with Gasteiger partial charge in [-0.15, -0.1) is 0 Å². The molecule has 0 N–H and O–H groups in total. The fourth-order valence-corrected chi connectivity index (χ4v) is 1.27. The SMILES string of the molecule is C=Cc1cc(C(C)C)cc(F)c1C. The Morgan fingerprint density at radius 3 is 2.46 bits per heavy atom. The molecule has 0 spiro atoms. The highest BCUT2D eigenvalue weighted by atomic mass is 19.1. The molecule has 0 atom stereocenters. The van der Waals surface area contributed by atoms with E-state index in [1.54, 1.807) is 19.1 Å². The Kier molecular flexibility index (Phi) is 2.86. The second-order valence-electron chi connectivity index (χ2n) is 3.58. The van der Waals surface area contributed by atoms with Crippen LogP contribution >= 0.6 is 0 Å². The van der Waals surface area contributed by atoms with E-state index in [2.05, 4.69) is 20.4 Å². The molecule has 1 heteroatoms. The van der Waals surface area contributed by atoms with E-state index in [4.69, 9.17) is 0 Å². The lowest BCUT2D eigenvalue weighted by atomic mass is 9.97. The third-order valence-corrected chi connectivity index (χ3v) is 2.29. The highest BCUT2D eigenvalue weighted by Crippen LogP contribution is 2.22. The van der Waals surface area contributed by atoms with Crippen LogP contribution in [-0.4, -0.2) is 0 Å². The van der Waals surface area contributed by atoms with E-state index >= 15 is 0 Å². The predicted octanol–water partition coefficient (Wildman–Crippen LogP) is 3.90. The van der Waals surface area contributed by atoms with Crippen molar-refractivity contribution >= 4 is 6.08 Å². The molecule has 13 heavy (non-hydrogen) atoms. The Morgan fingerprint density at radius 1 is 1.38 bits per heavy atom. The quantitative estimate of drug-likeness (QED) is 0.644. The first kappa shape index (κ1) is 9.97. The number of hydrogen-bond donors (Lipinski definition) is 0. The largest absolute Gasteiger partial charge is 0.207 e. The van der Waals surface area contributed by atoms with Gasteiger partial charge in [0.2, 0.25) is 0 Å². The van der Waals surface area contributed by atoms with Crippen LogP contribution in [0.3, 0.4) is 0 Å². The van der Waals surface area contributed by atoms with Crippen molar-refractivity contribution in [2.75, 3.05) is 0 Å². The van der Waals surface area contributed by atoms with Gasteiger partial charge in [-0.25, -0.2) is 4.39 Å². The Balaban J connectivity index is 3.30. The zero-order chi connectivity index (χ0) is 10.0. The van der Waals surface area contributed by atoms with Crippen LogP contribution in [-0.2, 0) is 0 Å². The summed E-state index contributed by atoms with van der Waals surface area (Å²) in [5, 5.41) is 0. The van der Waals surface area contributed by atoms with Gasteiger partial charge in [0.25, 0.3) is 0 Å². The number of halogens is 1. The molecule has 0 bridgehead atoms. The van der Waals surface area contributed by atoms with Crippen molar-refractivity contribution in [3.05, 3.63) is 41.2 Å². The van der Waals surface area contributed by atoms with E-state index < -0.39 is 0 Å². The third-order valence-electron chi connectivity index (χ3n) is 2.29. The summed E-state index contributed by atoms with van der Waals surface area (Å²) in [5.74, 6) is 0.218. The van der Waals surface area contributed by atoms with Crippen LogP contribution in [0.15, 0.2) is 18.7 Å². The van der Waals surface area contributed by atoms with Crippen molar-refractivity contribution in [2.24, 2.45) is 0 Å². The van der Waals surface area contributed by atoms with Crippen LogP contribution in [0.4, 0.5) is 4.39 Å². The van der Waals surface area contributed by atoms with Crippen molar-refractivity contribution in [3.8, 4) is 0 Å². The molecular formula is C12H15F.